The van der Waals surface area contributed by atoms with E-state index in [9.17, 15) is 14.4 Å². The Kier molecular flexibility index (Phi) is 5.93. The lowest BCUT2D eigenvalue weighted by Gasteiger charge is -2.38. The molecule has 0 aliphatic heterocycles. The zero-order chi connectivity index (χ0) is 20.5. The first-order valence-electron chi connectivity index (χ1n) is 9.30. The summed E-state index contributed by atoms with van der Waals surface area (Å²) in [4.78, 5) is 36.2. The molecular weight excluding hydrogens is 342 g/mol. The second-order valence-electron chi connectivity index (χ2n) is 8.16. The molecule has 1 aromatic carbocycles. The molecule has 27 heavy (non-hydrogen) atoms. The van der Waals surface area contributed by atoms with Gasteiger partial charge in [0.05, 0.1) is 6.04 Å². The van der Waals surface area contributed by atoms with Gasteiger partial charge in [0.1, 0.15) is 5.60 Å². The second kappa shape index (κ2) is 7.67. The number of rotatable bonds is 6. The molecule has 0 saturated heterocycles. The first-order valence-corrected chi connectivity index (χ1v) is 9.30. The molecule has 1 aliphatic rings. The van der Waals surface area contributed by atoms with E-state index in [0.717, 1.165) is 23.1 Å². The van der Waals surface area contributed by atoms with Gasteiger partial charge < -0.3 is 10.1 Å². The average molecular weight is 371 g/mol. The van der Waals surface area contributed by atoms with Gasteiger partial charge in [0.15, 0.2) is 11.6 Å². The van der Waals surface area contributed by atoms with Gasteiger partial charge in [0.25, 0.3) is 0 Å². The van der Waals surface area contributed by atoms with Crippen LogP contribution in [0.2, 0.25) is 0 Å². The zero-order valence-electron chi connectivity index (χ0n) is 17.1. The minimum Gasteiger partial charge on any atom is -0.444 e. The molecule has 0 saturated carbocycles. The van der Waals surface area contributed by atoms with Crippen LogP contribution in [0.1, 0.15) is 85.7 Å². The molecule has 0 radical (unpaired) electrons. The van der Waals surface area contributed by atoms with E-state index in [2.05, 4.69) is 11.9 Å². The van der Waals surface area contributed by atoms with Crippen LogP contribution in [0, 0.1) is 0 Å². The smallest absolute Gasteiger partial charge is 0.408 e. The molecule has 0 aromatic heterocycles. The molecule has 1 N–H and O–H groups in total. The number of hydrogen-bond donors (Lipinski definition) is 1. The molecule has 5 nitrogen and oxygen atoms in total. The quantitative estimate of drug-likeness (QED) is 0.586. The lowest BCUT2D eigenvalue weighted by Crippen LogP contribution is -2.46. The number of ketones is 2. The molecule has 1 aliphatic carbocycles. The highest BCUT2D eigenvalue weighted by molar-refractivity contribution is 6.07. The molecule has 0 fully saturated rings. The van der Waals surface area contributed by atoms with E-state index >= 15 is 0 Å². The van der Waals surface area contributed by atoms with Crippen molar-refractivity contribution in [1.82, 2.24) is 5.32 Å². The summed E-state index contributed by atoms with van der Waals surface area (Å²) < 4.78 is 5.39. The number of benzene rings is 1. The molecule has 2 rings (SSSR count). The van der Waals surface area contributed by atoms with Crippen LogP contribution in [0.5, 0.6) is 0 Å². The van der Waals surface area contributed by atoms with Gasteiger partial charge in [0.2, 0.25) is 0 Å². The standard InChI is InChI=1S/C22H29NO4/c1-8-12(2)20(23-21(26)27-22(5,6)7)19-10-15-9-16(13(3)24)17(14(4)25)11-18(15)19/h9,11,19-20H,2,8,10H2,1,3-7H3,(H,23,26). The van der Waals surface area contributed by atoms with E-state index < -0.39 is 11.7 Å². The third-order valence-electron chi connectivity index (χ3n) is 4.85. The van der Waals surface area contributed by atoms with E-state index in [1.807, 2.05) is 33.8 Å². The second-order valence-corrected chi connectivity index (χ2v) is 8.16. The van der Waals surface area contributed by atoms with Crippen LogP contribution in [0.3, 0.4) is 0 Å². The fourth-order valence-electron chi connectivity index (χ4n) is 3.42. The third kappa shape index (κ3) is 4.65. The lowest BCUT2D eigenvalue weighted by atomic mass is 9.69. The summed E-state index contributed by atoms with van der Waals surface area (Å²) in [6.07, 6.45) is 0.952. The van der Waals surface area contributed by atoms with Gasteiger partial charge in [-0.25, -0.2) is 4.79 Å². The highest BCUT2D eigenvalue weighted by Crippen LogP contribution is 2.41. The maximum atomic E-state index is 12.3. The number of alkyl carbamates (subject to hydrolysis) is 1. The minimum atomic E-state index is -0.585. The van der Waals surface area contributed by atoms with Gasteiger partial charge in [-0.3, -0.25) is 9.59 Å². The van der Waals surface area contributed by atoms with Gasteiger partial charge in [-0.15, -0.1) is 0 Å². The van der Waals surface area contributed by atoms with Crippen LogP contribution in [-0.2, 0) is 11.2 Å². The summed E-state index contributed by atoms with van der Waals surface area (Å²) in [7, 11) is 0. The van der Waals surface area contributed by atoms with Gasteiger partial charge in [-0.2, -0.15) is 0 Å². The fourth-order valence-corrected chi connectivity index (χ4v) is 3.42. The first kappa shape index (κ1) is 20.9. The maximum absolute atomic E-state index is 12.3. The molecule has 0 spiro atoms. The van der Waals surface area contributed by atoms with Crippen molar-refractivity contribution in [3.63, 3.8) is 0 Å². The minimum absolute atomic E-state index is 0.0130. The molecule has 146 valence electrons. The Morgan fingerprint density at radius 2 is 1.74 bits per heavy atom. The summed E-state index contributed by atoms with van der Waals surface area (Å²) in [6.45, 7) is 14.5. The third-order valence-corrected chi connectivity index (χ3v) is 4.85. The largest absolute Gasteiger partial charge is 0.444 e. The van der Waals surface area contributed by atoms with Crippen molar-refractivity contribution < 1.29 is 19.1 Å². The summed E-state index contributed by atoms with van der Waals surface area (Å²) in [5.74, 6) is -0.244. The molecule has 2 atom stereocenters. The van der Waals surface area contributed by atoms with Crippen molar-refractivity contribution in [2.24, 2.45) is 0 Å². The molecule has 5 heteroatoms. The predicted octanol–water partition coefficient (Wildman–Crippen LogP) is 4.59. The van der Waals surface area contributed by atoms with E-state index in [0.29, 0.717) is 17.5 Å². The summed E-state index contributed by atoms with van der Waals surface area (Å²) in [5, 5.41) is 2.94. The number of ether oxygens (including phenoxy) is 1. The molecular formula is C22H29NO4. The van der Waals surface area contributed by atoms with Crippen molar-refractivity contribution in [2.75, 3.05) is 0 Å². The first-order chi connectivity index (χ1) is 12.4. The molecule has 0 bridgehead atoms. The highest BCUT2D eigenvalue weighted by Gasteiger charge is 2.37. The Bertz CT molecular complexity index is 801. The Balaban J connectivity index is 2.34. The SMILES string of the molecule is C=C(CC)C(NC(=O)OC(C)(C)C)C1Cc2cc(C(C)=O)c(C(C)=O)cc21. The van der Waals surface area contributed by atoms with Gasteiger partial charge in [0, 0.05) is 17.0 Å². The molecule has 0 heterocycles. The lowest BCUT2D eigenvalue weighted by molar-refractivity contribution is 0.0502. The van der Waals surface area contributed by atoms with Gasteiger partial charge in [-0.05, 0) is 70.7 Å². The Morgan fingerprint density at radius 1 is 1.19 bits per heavy atom. The zero-order valence-corrected chi connectivity index (χ0v) is 17.1. The number of carbonyl (C=O) groups excluding carboxylic acids is 3. The van der Waals surface area contributed by atoms with Crippen LogP contribution in [0.15, 0.2) is 24.3 Å². The predicted molar refractivity (Wildman–Crippen MR) is 105 cm³/mol. The number of fused-ring (bicyclic) bond motifs is 1. The Labute approximate surface area is 161 Å². The fraction of sp³-hybridized carbons (Fsp3) is 0.500. The number of amides is 1. The number of hydrogen-bond acceptors (Lipinski definition) is 4. The van der Waals surface area contributed by atoms with Crippen LogP contribution in [0.25, 0.3) is 0 Å². The average Bonchev–Trinajstić information content (AvgIpc) is 2.51. The van der Waals surface area contributed by atoms with E-state index in [1.165, 1.54) is 13.8 Å². The van der Waals surface area contributed by atoms with E-state index in [4.69, 9.17) is 4.74 Å². The molecule has 1 amide bonds. The maximum Gasteiger partial charge on any atom is 0.408 e. The van der Waals surface area contributed by atoms with Crippen LogP contribution in [-0.4, -0.2) is 29.3 Å². The van der Waals surface area contributed by atoms with Crippen LogP contribution < -0.4 is 5.32 Å². The van der Waals surface area contributed by atoms with E-state index in [1.54, 1.807) is 6.07 Å². The summed E-state index contributed by atoms with van der Waals surface area (Å²) in [5.41, 5.74) is 3.24. The van der Waals surface area contributed by atoms with Gasteiger partial charge >= 0.3 is 6.09 Å². The molecule has 1 aromatic rings. The highest BCUT2D eigenvalue weighted by atomic mass is 16.6. The number of carbonyl (C=O) groups is 3. The molecule has 2 unspecified atom stereocenters. The van der Waals surface area contributed by atoms with E-state index in [-0.39, 0.29) is 23.5 Å². The van der Waals surface area contributed by atoms with Crippen molar-refractivity contribution >= 4 is 17.7 Å². The summed E-state index contributed by atoms with van der Waals surface area (Å²) in [6, 6.07) is 3.33. The van der Waals surface area contributed by atoms with Crippen LogP contribution >= 0.6 is 0 Å². The van der Waals surface area contributed by atoms with Crippen molar-refractivity contribution in [3.05, 3.63) is 46.5 Å². The normalized spacial score (nSPS) is 16.6. The number of Topliss-reactive ketones (excluding diaryl/α,β-unsaturated/α-hetero) is 2. The van der Waals surface area contributed by atoms with Crippen LogP contribution in [0.4, 0.5) is 4.79 Å². The monoisotopic (exact) mass is 371 g/mol. The Morgan fingerprint density at radius 3 is 2.22 bits per heavy atom. The topological polar surface area (TPSA) is 72.5 Å². The van der Waals surface area contributed by atoms with Crippen molar-refractivity contribution in [3.8, 4) is 0 Å². The Hall–Kier alpha value is -2.43. The van der Waals surface area contributed by atoms with Crippen molar-refractivity contribution in [1.29, 1.82) is 0 Å². The number of nitrogens with one attached hydrogen (secondary N) is 1. The summed E-state index contributed by atoms with van der Waals surface area (Å²) >= 11 is 0. The van der Waals surface area contributed by atoms with Crippen molar-refractivity contribution in [2.45, 2.75) is 71.9 Å². The van der Waals surface area contributed by atoms with Gasteiger partial charge in [-0.1, -0.05) is 19.1 Å².